The Kier molecular flexibility index (Phi) is 4.52. The molecule has 1 aromatic rings. The molecule has 0 atom stereocenters. The third kappa shape index (κ3) is 3.52. The van der Waals surface area contributed by atoms with Crippen molar-refractivity contribution in [2.75, 3.05) is 18.5 Å². The van der Waals surface area contributed by atoms with Crippen LogP contribution in [0.3, 0.4) is 0 Å². The molecule has 0 heterocycles. The molecule has 0 aliphatic heterocycles. The van der Waals surface area contributed by atoms with E-state index in [-0.39, 0.29) is 0 Å². The zero-order valence-corrected chi connectivity index (χ0v) is 10.2. The maximum atomic E-state index is 3.34. The smallest absolute Gasteiger partial charge is 0.0490 e. The molecule has 1 rings (SSSR count). The van der Waals surface area contributed by atoms with Crippen LogP contribution in [0.4, 0.5) is 5.69 Å². The average molecular weight is 290 g/mol. The van der Waals surface area contributed by atoms with E-state index in [2.05, 4.69) is 71.1 Å². The molecule has 13 heavy (non-hydrogen) atoms. The number of rotatable bonds is 4. The normalized spacial score (nSPS) is 10.5. The van der Waals surface area contributed by atoms with E-state index < -0.39 is 0 Å². The molecule has 0 fully saturated rings. The van der Waals surface area contributed by atoms with E-state index in [1.54, 1.807) is 0 Å². The number of benzene rings is 1. The third-order valence-corrected chi connectivity index (χ3v) is 2.61. The van der Waals surface area contributed by atoms with E-state index in [4.69, 9.17) is 0 Å². The standard InChI is InChI=1S/C10H15IN2/c1-3-13(4-2)12-10-7-5-9(11)6-8-10/h5-8,12H,3-4H2,1-2H3. The van der Waals surface area contributed by atoms with Crippen molar-refractivity contribution in [3.05, 3.63) is 27.8 Å². The van der Waals surface area contributed by atoms with Crippen molar-refractivity contribution < 1.29 is 0 Å². The monoisotopic (exact) mass is 290 g/mol. The number of hydrogen-bond acceptors (Lipinski definition) is 2. The van der Waals surface area contributed by atoms with Gasteiger partial charge >= 0.3 is 0 Å². The second-order valence-corrected chi connectivity index (χ2v) is 4.04. The van der Waals surface area contributed by atoms with Crippen LogP contribution in [0, 0.1) is 3.57 Å². The van der Waals surface area contributed by atoms with Gasteiger partial charge in [-0.1, -0.05) is 13.8 Å². The first-order valence-corrected chi connectivity index (χ1v) is 5.61. The van der Waals surface area contributed by atoms with Gasteiger partial charge in [0.05, 0.1) is 0 Å². The van der Waals surface area contributed by atoms with E-state index in [0.29, 0.717) is 0 Å². The summed E-state index contributed by atoms with van der Waals surface area (Å²) >= 11 is 2.31. The molecule has 0 aliphatic rings. The van der Waals surface area contributed by atoms with Gasteiger partial charge in [0.2, 0.25) is 0 Å². The number of halogens is 1. The van der Waals surface area contributed by atoms with E-state index in [1.165, 1.54) is 3.57 Å². The first-order valence-electron chi connectivity index (χ1n) is 4.53. The van der Waals surface area contributed by atoms with Crippen LogP contribution in [-0.2, 0) is 0 Å². The van der Waals surface area contributed by atoms with Crippen molar-refractivity contribution in [1.82, 2.24) is 5.01 Å². The van der Waals surface area contributed by atoms with Crippen LogP contribution >= 0.6 is 22.6 Å². The lowest BCUT2D eigenvalue weighted by atomic mass is 10.3. The Labute approximate surface area is 93.4 Å². The summed E-state index contributed by atoms with van der Waals surface area (Å²) in [6.45, 7) is 6.32. The molecule has 1 N–H and O–H groups in total. The molecule has 1 aromatic carbocycles. The molecule has 0 bridgehead atoms. The lowest BCUT2D eigenvalue weighted by Gasteiger charge is -2.20. The molecule has 0 radical (unpaired) electrons. The Hall–Kier alpha value is -0.290. The fraction of sp³-hybridized carbons (Fsp3) is 0.400. The minimum Gasteiger partial charge on any atom is -0.319 e. The second-order valence-electron chi connectivity index (χ2n) is 2.79. The number of hydrogen-bond donors (Lipinski definition) is 1. The van der Waals surface area contributed by atoms with Gasteiger partial charge < -0.3 is 5.43 Å². The Bertz CT molecular complexity index is 242. The summed E-state index contributed by atoms with van der Waals surface area (Å²) in [7, 11) is 0. The van der Waals surface area contributed by atoms with Crippen molar-refractivity contribution in [2.45, 2.75) is 13.8 Å². The molecule has 3 heteroatoms. The molecule has 0 aromatic heterocycles. The van der Waals surface area contributed by atoms with Crippen LogP contribution in [0.15, 0.2) is 24.3 Å². The number of hydrazine groups is 1. The highest BCUT2D eigenvalue weighted by Crippen LogP contribution is 2.11. The van der Waals surface area contributed by atoms with Gasteiger partial charge in [0.25, 0.3) is 0 Å². The first kappa shape index (κ1) is 10.8. The summed E-state index contributed by atoms with van der Waals surface area (Å²) < 4.78 is 1.27. The molecule has 0 spiro atoms. The maximum absolute atomic E-state index is 3.34. The van der Waals surface area contributed by atoms with Crippen LogP contribution < -0.4 is 5.43 Å². The van der Waals surface area contributed by atoms with Gasteiger partial charge in [0.15, 0.2) is 0 Å². The quantitative estimate of drug-likeness (QED) is 0.677. The van der Waals surface area contributed by atoms with Gasteiger partial charge in [-0.2, -0.15) is 0 Å². The predicted octanol–water partition coefficient (Wildman–Crippen LogP) is 2.96. The number of anilines is 1. The van der Waals surface area contributed by atoms with Crippen LogP contribution in [0.5, 0.6) is 0 Å². The third-order valence-electron chi connectivity index (χ3n) is 1.89. The molecule has 0 amide bonds. The molecule has 0 aliphatic carbocycles. The minimum absolute atomic E-state index is 1.02. The lowest BCUT2D eigenvalue weighted by molar-refractivity contribution is 0.367. The molecule has 0 unspecified atom stereocenters. The summed E-state index contributed by atoms with van der Waals surface area (Å²) in [4.78, 5) is 0. The lowest BCUT2D eigenvalue weighted by Crippen LogP contribution is -2.29. The molecule has 72 valence electrons. The van der Waals surface area contributed by atoms with E-state index in [1.807, 2.05) is 0 Å². The highest BCUT2D eigenvalue weighted by atomic mass is 127. The molecular formula is C10H15IN2. The van der Waals surface area contributed by atoms with Crippen LogP contribution in [0.2, 0.25) is 0 Å². The Balaban J connectivity index is 2.58. The van der Waals surface area contributed by atoms with Crippen LogP contribution in [0.1, 0.15) is 13.8 Å². The van der Waals surface area contributed by atoms with Crippen LogP contribution in [-0.4, -0.2) is 18.1 Å². The number of nitrogens with zero attached hydrogens (tertiary/aromatic N) is 1. The number of nitrogens with one attached hydrogen (secondary N) is 1. The topological polar surface area (TPSA) is 15.3 Å². The van der Waals surface area contributed by atoms with Gasteiger partial charge in [-0.15, -0.1) is 0 Å². The van der Waals surface area contributed by atoms with Gasteiger partial charge in [-0.05, 0) is 46.9 Å². The second kappa shape index (κ2) is 5.44. The zero-order chi connectivity index (χ0) is 9.68. The van der Waals surface area contributed by atoms with Crippen molar-refractivity contribution in [1.29, 1.82) is 0 Å². The highest BCUT2D eigenvalue weighted by Gasteiger charge is 1.97. The van der Waals surface area contributed by atoms with Gasteiger partial charge in [-0.3, -0.25) is 0 Å². The van der Waals surface area contributed by atoms with Gasteiger partial charge in [0.1, 0.15) is 0 Å². The average Bonchev–Trinajstić information content (AvgIpc) is 2.17. The van der Waals surface area contributed by atoms with Crippen molar-refractivity contribution in [2.24, 2.45) is 0 Å². The largest absolute Gasteiger partial charge is 0.319 e. The van der Waals surface area contributed by atoms with Crippen molar-refractivity contribution in [3.63, 3.8) is 0 Å². The van der Waals surface area contributed by atoms with Gasteiger partial charge in [0, 0.05) is 22.3 Å². The van der Waals surface area contributed by atoms with Crippen molar-refractivity contribution >= 4 is 28.3 Å². The summed E-state index contributed by atoms with van der Waals surface area (Å²) in [6, 6.07) is 8.40. The fourth-order valence-corrected chi connectivity index (χ4v) is 1.45. The predicted molar refractivity (Wildman–Crippen MR) is 65.7 cm³/mol. The summed E-state index contributed by atoms with van der Waals surface area (Å²) in [6.07, 6.45) is 0. The summed E-state index contributed by atoms with van der Waals surface area (Å²) in [5.41, 5.74) is 4.49. The minimum atomic E-state index is 1.02. The molecule has 0 saturated heterocycles. The molecule has 2 nitrogen and oxygen atoms in total. The molecule has 0 saturated carbocycles. The fourth-order valence-electron chi connectivity index (χ4n) is 1.09. The summed E-state index contributed by atoms with van der Waals surface area (Å²) in [5.74, 6) is 0. The van der Waals surface area contributed by atoms with Crippen LogP contribution in [0.25, 0.3) is 0 Å². The Morgan fingerprint density at radius 3 is 2.15 bits per heavy atom. The van der Waals surface area contributed by atoms with E-state index >= 15 is 0 Å². The zero-order valence-electron chi connectivity index (χ0n) is 8.05. The molecular weight excluding hydrogens is 275 g/mol. The maximum Gasteiger partial charge on any atom is 0.0490 e. The SMILES string of the molecule is CCN(CC)Nc1ccc(I)cc1. The van der Waals surface area contributed by atoms with E-state index in [0.717, 1.165) is 18.8 Å². The first-order chi connectivity index (χ1) is 6.26. The highest BCUT2D eigenvalue weighted by molar-refractivity contribution is 14.1. The Morgan fingerprint density at radius 1 is 1.15 bits per heavy atom. The Morgan fingerprint density at radius 2 is 1.69 bits per heavy atom. The van der Waals surface area contributed by atoms with E-state index in [9.17, 15) is 0 Å². The summed E-state index contributed by atoms with van der Waals surface area (Å²) in [5, 5.41) is 2.17. The van der Waals surface area contributed by atoms with Crippen molar-refractivity contribution in [3.8, 4) is 0 Å². The van der Waals surface area contributed by atoms with Gasteiger partial charge in [-0.25, -0.2) is 5.01 Å².